The van der Waals surface area contributed by atoms with Crippen LogP contribution in [-0.4, -0.2) is 24.0 Å². The predicted octanol–water partition coefficient (Wildman–Crippen LogP) is 8.43. The van der Waals surface area contributed by atoms with Crippen LogP contribution >= 0.6 is 0 Å². The summed E-state index contributed by atoms with van der Waals surface area (Å²) in [5, 5.41) is 9.91. The van der Waals surface area contributed by atoms with Crippen molar-refractivity contribution >= 4 is 5.71 Å². The van der Waals surface area contributed by atoms with E-state index in [9.17, 15) is 5.11 Å². The third-order valence-corrected chi connectivity index (χ3v) is 8.32. The van der Waals surface area contributed by atoms with E-state index in [1.54, 1.807) is 0 Å². The number of aliphatic imine (C=N–C) groups is 1. The number of aryl methyl sites for hydroxylation is 4. The van der Waals surface area contributed by atoms with Gasteiger partial charge in [0, 0.05) is 18.2 Å². The van der Waals surface area contributed by atoms with Crippen molar-refractivity contribution in [2.75, 3.05) is 7.05 Å². The van der Waals surface area contributed by atoms with Gasteiger partial charge in [-0.2, -0.15) is 0 Å². The Kier molecular flexibility index (Phi) is 8.39. The second-order valence-corrected chi connectivity index (χ2v) is 12.3. The van der Waals surface area contributed by atoms with E-state index in [0.717, 1.165) is 29.2 Å². The van der Waals surface area contributed by atoms with Gasteiger partial charge < -0.3 is 5.11 Å². The lowest BCUT2D eigenvalue weighted by Crippen LogP contribution is -2.08. The number of hydrogen-bond donors (Lipinski definition) is 1. The summed E-state index contributed by atoms with van der Waals surface area (Å²) < 4.78 is 0. The molecule has 1 saturated carbocycles. The summed E-state index contributed by atoms with van der Waals surface area (Å²) in [5.41, 5.74) is 12.8. The summed E-state index contributed by atoms with van der Waals surface area (Å²) in [4.78, 5) is 4.77. The molecule has 196 valence electrons. The zero-order valence-corrected chi connectivity index (χ0v) is 24.0. The highest BCUT2D eigenvalue weighted by molar-refractivity contribution is 6.14. The van der Waals surface area contributed by atoms with Crippen LogP contribution in [0.5, 0.6) is 0 Å². The quantitative estimate of drug-likeness (QED) is 0.313. The van der Waals surface area contributed by atoms with Gasteiger partial charge in [0.15, 0.2) is 0 Å². The molecule has 2 nitrogen and oxygen atoms in total. The van der Waals surface area contributed by atoms with Crippen molar-refractivity contribution in [1.82, 2.24) is 0 Å². The summed E-state index contributed by atoms with van der Waals surface area (Å²) in [6.45, 7) is 13.2. The Labute approximate surface area is 224 Å². The maximum atomic E-state index is 9.91. The van der Waals surface area contributed by atoms with Crippen molar-refractivity contribution in [3.05, 3.63) is 93.5 Å². The van der Waals surface area contributed by atoms with Crippen LogP contribution in [0.1, 0.15) is 85.4 Å². The van der Waals surface area contributed by atoms with Crippen LogP contribution in [0, 0.1) is 32.1 Å². The van der Waals surface area contributed by atoms with Crippen molar-refractivity contribution in [3.8, 4) is 11.1 Å². The fourth-order valence-electron chi connectivity index (χ4n) is 6.24. The molecule has 0 aromatic heterocycles. The highest BCUT2D eigenvalue weighted by Gasteiger charge is 2.30. The van der Waals surface area contributed by atoms with E-state index in [0.29, 0.717) is 11.8 Å². The number of aliphatic hydroxyl groups excluding tert-OH is 1. The van der Waals surface area contributed by atoms with E-state index < -0.39 is 0 Å². The van der Waals surface area contributed by atoms with Gasteiger partial charge >= 0.3 is 0 Å². The lowest BCUT2D eigenvalue weighted by Gasteiger charge is -2.18. The van der Waals surface area contributed by atoms with Crippen molar-refractivity contribution < 1.29 is 5.11 Å². The SMILES string of the molecule is CN=C(c1ccc(C)c(-c2cc(C[C@@H](C)O)ccc2C)c1)c1ccc(CCC2CCC(C)(C)C2)cc1C. The molecule has 0 aliphatic heterocycles. The van der Waals surface area contributed by atoms with Gasteiger partial charge in [-0.25, -0.2) is 0 Å². The number of aliphatic hydroxyl groups is 1. The molecule has 0 heterocycles. The van der Waals surface area contributed by atoms with Gasteiger partial charge in [0.1, 0.15) is 0 Å². The maximum Gasteiger partial charge on any atom is 0.0718 e. The van der Waals surface area contributed by atoms with Crippen LogP contribution in [0.3, 0.4) is 0 Å². The molecule has 1 N–H and O–H groups in total. The molecule has 3 aromatic rings. The second kappa shape index (κ2) is 11.4. The van der Waals surface area contributed by atoms with E-state index in [2.05, 4.69) is 89.2 Å². The van der Waals surface area contributed by atoms with E-state index in [4.69, 9.17) is 4.99 Å². The first-order valence-corrected chi connectivity index (χ1v) is 14.0. The average Bonchev–Trinajstić information content (AvgIpc) is 3.20. The predicted molar refractivity (Wildman–Crippen MR) is 159 cm³/mol. The number of nitrogens with zero attached hydrogens (tertiary/aromatic N) is 1. The molecular formula is C35H45NO. The Morgan fingerprint density at radius 3 is 2.22 bits per heavy atom. The molecule has 1 aliphatic carbocycles. The van der Waals surface area contributed by atoms with Crippen LogP contribution < -0.4 is 0 Å². The molecule has 0 spiro atoms. The van der Waals surface area contributed by atoms with Gasteiger partial charge in [-0.15, -0.1) is 0 Å². The van der Waals surface area contributed by atoms with E-state index in [1.807, 2.05) is 14.0 Å². The maximum absolute atomic E-state index is 9.91. The molecular weight excluding hydrogens is 450 g/mol. The summed E-state index contributed by atoms with van der Waals surface area (Å²) >= 11 is 0. The lowest BCUT2D eigenvalue weighted by atomic mass is 9.88. The highest BCUT2D eigenvalue weighted by Crippen LogP contribution is 2.42. The number of benzene rings is 3. The monoisotopic (exact) mass is 495 g/mol. The largest absolute Gasteiger partial charge is 0.393 e. The van der Waals surface area contributed by atoms with Gasteiger partial charge in [0.25, 0.3) is 0 Å². The molecule has 1 fully saturated rings. The van der Waals surface area contributed by atoms with Crippen LogP contribution in [0.2, 0.25) is 0 Å². The van der Waals surface area contributed by atoms with Crippen molar-refractivity contribution in [1.29, 1.82) is 0 Å². The summed E-state index contributed by atoms with van der Waals surface area (Å²) in [7, 11) is 1.90. The topological polar surface area (TPSA) is 32.6 Å². The van der Waals surface area contributed by atoms with Crippen molar-refractivity contribution in [3.63, 3.8) is 0 Å². The third kappa shape index (κ3) is 6.60. The Morgan fingerprint density at radius 1 is 0.919 bits per heavy atom. The minimum Gasteiger partial charge on any atom is -0.393 e. The zero-order valence-electron chi connectivity index (χ0n) is 24.0. The molecule has 0 saturated heterocycles. The van der Waals surface area contributed by atoms with Gasteiger partial charge in [-0.3, -0.25) is 4.99 Å². The number of rotatable bonds is 8. The third-order valence-electron chi connectivity index (χ3n) is 8.32. The van der Waals surface area contributed by atoms with Crippen LogP contribution in [-0.2, 0) is 12.8 Å². The smallest absolute Gasteiger partial charge is 0.0718 e. The minimum absolute atomic E-state index is 0.349. The summed E-state index contributed by atoms with van der Waals surface area (Å²) in [6.07, 6.45) is 6.90. The van der Waals surface area contributed by atoms with Gasteiger partial charge in [-0.05, 0) is 123 Å². The van der Waals surface area contributed by atoms with Gasteiger partial charge in [-0.1, -0.05) is 62.4 Å². The van der Waals surface area contributed by atoms with Crippen molar-refractivity contribution in [2.24, 2.45) is 16.3 Å². The Morgan fingerprint density at radius 2 is 1.59 bits per heavy atom. The average molecular weight is 496 g/mol. The molecule has 1 aliphatic rings. The molecule has 4 rings (SSSR count). The molecule has 3 aromatic carbocycles. The van der Waals surface area contributed by atoms with E-state index >= 15 is 0 Å². The zero-order chi connectivity index (χ0) is 26.7. The van der Waals surface area contributed by atoms with Crippen molar-refractivity contribution in [2.45, 2.75) is 86.2 Å². The Bertz CT molecular complexity index is 1280. The molecule has 2 heteroatoms. The first-order chi connectivity index (χ1) is 17.6. The first kappa shape index (κ1) is 27.3. The molecule has 1 unspecified atom stereocenters. The summed E-state index contributed by atoms with van der Waals surface area (Å²) in [6, 6.07) is 20.2. The molecule has 0 bridgehead atoms. The Balaban J connectivity index is 1.59. The molecule has 2 atom stereocenters. The summed E-state index contributed by atoms with van der Waals surface area (Å²) in [5.74, 6) is 0.872. The normalized spacial score (nSPS) is 18.3. The van der Waals surface area contributed by atoms with Crippen LogP contribution in [0.25, 0.3) is 11.1 Å². The van der Waals surface area contributed by atoms with Gasteiger partial charge in [0.2, 0.25) is 0 Å². The van der Waals surface area contributed by atoms with Crippen LogP contribution in [0.4, 0.5) is 0 Å². The first-order valence-electron chi connectivity index (χ1n) is 14.0. The second-order valence-electron chi connectivity index (χ2n) is 12.3. The van der Waals surface area contributed by atoms with E-state index in [-0.39, 0.29) is 6.10 Å². The fourth-order valence-corrected chi connectivity index (χ4v) is 6.24. The lowest BCUT2D eigenvalue weighted by molar-refractivity contribution is 0.195. The standard InChI is InChI=1S/C35H45NO/c1-23-8-10-29(19-26(4)37)20-32(23)33-21-30(14-9-24(33)2)34(36-7)31-15-13-27(18-25(31)3)11-12-28-16-17-35(5,6)22-28/h8-10,13-15,18,20-21,26,28,37H,11-12,16-17,19,22H2,1-7H3/t26-,28?/m1/s1. The van der Waals surface area contributed by atoms with Crippen LogP contribution in [0.15, 0.2) is 59.6 Å². The molecule has 37 heavy (non-hydrogen) atoms. The Hall–Kier alpha value is -2.71. The van der Waals surface area contributed by atoms with Gasteiger partial charge in [0.05, 0.1) is 11.8 Å². The molecule has 0 amide bonds. The fraction of sp³-hybridized carbons (Fsp3) is 0.457. The molecule has 0 radical (unpaired) electrons. The number of hydrogen-bond acceptors (Lipinski definition) is 2. The highest BCUT2D eigenvalue weighted by atomic mass is 16.3. The van der Waals surface area contributed by atoms with E-state index in [1.165, 1.54) is 64.6 Å². The minimum atomic E-state index is -0.349.